The minimum Gasteiger partial charge on any atom is -0.354 e. The number of nitrogens with one attached hydrogen (secondary N) is 1. The quantitative estimate of drug-likeness (QED) is 0.666. The van der Waals surface area contributed by atoms with Crippen LogP contribution in [0.4, 0.5) is 15.9 Å². The molecule has 0 bridgehead atoms. The molecule has 1 saturated heterocycles. The zero-order chi connectivity index (χ0) is 19.5. The number of anilines is 2. The largest absolute Gasteiger partial charge is 0.354 e. The van der Waals surface area contributed by atoms with E-state index in [1.165, 1.54) is 6.07 Å². The first kappa shape index (κ1) is 18.5. The van der Waals surface area contributed by atoms with E-state index in [4.69, 9.17) is 0 Å². The van der Waals surface area contributed by atoms with Gasteiger partial charge in [0.05, 0.1) is 11.6 Å². The summed E-state index contributed by atoms with van der Waals surface area (Å²) in [6.45, 7) is 1.31. The predicted octanol–water partition coefficient (Wildman–Crippen LogP) is 3.42. The molecule has 3 aromatic rings. The van der Waals surface area contributed by atoms with E-state index in [2.05, 4.69) is 36.5 Å². The second kappa shape index (κ2) is 8.05. The third-order valence-corrected chi connectivity index (χ3v) is 5.17. The third kappa shape index (κ3) is 4.04. The molecule has 2 aromatic heterocycles. The summed E-state index contributed by atoms with van der Waals surface area (Å²) in [4.78, 5) is 14.7. The van der Waals surface area contributed by atoms with Gasteiger partial charge in [-0.3, -0.25) is 4.79 Å². The van der Waals surface area contributed by atoms with Gasteiger partial charge in [0.25, 0.3) is 0 Å². The highest BCUT2D eigenvalue weighted by atomic mass is 79.9. The van der Waals surface area contributed by atoms with Gasteiger partial charge in [0.1, 0.15) is 5.82 Å². The number of amides is 1. The SMILES string of the molecule is O=C(Nc1ccc(Br)cc1F)C1CCCN(c2ccc(-n3cccn3)nn2)C1. The molecule has 0 saturated carbocycles. The molecule has 9 heteroatoms. The molecule has 1 amide bonds. The summed E-state index contributed by atoms with van der Waals surface area (Å²) in [7, 11) is 0. The van der Waals surface area contributed by atoms with E-state index in [1.807, 2.05) is 23.1 Å². The standard InChI is InChI=1S/C19H18BrFN6O/c20-14-4-5-16(15(21)11-14)23-19(28)13-3-1-9-26(12-13)17-6-7-18(25-24-17)27-10-2-8-22-27/h2,4-8,10-11,13H,1,3,9,12H2,(H,23,28). The Hall–Kier alpha value is -2.81. The Morgan fingerprint density at radius 3 is 2.75 bits per heavy atom. The molecule has 7 nitrogen and oxygen atoms in total. The molecule has 0 radical (unpaired) electrons. The van der Waals surface area contributed by atoms with Gasteiger partial charge in [-0.25, -0.2) is 9.07 Å². The average molecular weight is 445 g/mol. The zero-order valence-electron chi connectivity index (χ0n) is 14.9. The summed E-state index contributed by atoms with van der Waals surface area (Å²) in [5.74, 6) is 0.445. The fourth-order valence-electron chi connectivity index (χ4n) is 3.24. The second-order valence-corrected chi connectivity index (χ2v) is 7.51. The lowest BCUT2D eigenvalue weighted by molar-refractivity contribution is -0.120. The van der Waals surface area contributed by atoms with Gasteiger partial charge in [-0.05, 0) is 49.2 Å². The summed E-state index contributed by atoms with van der Waals surface area (Å²) >= 11 is 3.21. The van der Waals surface area contributed by atoms with Crippen LogP contribution in [0.1, 0.15) is 12.8 Å². The molecule has 3 heterocycles. The van der Waals surface area contributed by atoms with Crippen LogP contribution in [0.15, 0.2) is 53.3 Å². The van der Waals surface area contributed by atoms with Crippen LogP contribution in [-0.2, 0) is 4.79 Å². The van der Waals surface area contributed by atoms with E-state index in [-0.39, 0.29) is 17.5 Å². The van der Waals surface area contributed by atoms with Crippen LogP contribution in [0.25, 0.3) is 5.82 Å². The van der Waals surface area contributed by atoms with Crippen molar-refractivity contribution in [2.45, 2.75) is 12.8 Å². The molecule has 1 atom stereocenters. The summed E-state index contributed by atoms with van der Waals surface area (Å²) in [6, 6.07) is 10.1. The molecule has 1 aliphatic heterocycles. The molecule has 28 heavy (non-hydrogen) atoms. The van der Waals surface area contributed by atoms with E-state index in [0.29, 0.717) is 22.7 Å². The molecular formula is C19H18BrFN6O. The van der Waals surface area contributed by atoms with E-state index in [1.54, 1.807) is 29.2 Å². The van der Waals surface area contributed by atoms with Gasteiger partial charge in [0, 0.05) is 30.0 Å². The first-order valence-corrected chi connectivity index (χ1v) is 9.74. The number of piperidine rings is 1. The van der Waals surface area contributed by atoms with Crippen molar-refractivity contribution in [2.75, 3.05) is 23.3 Å². The van der Waals surface area contributed by atoms with Crippen LogP contribution >= 0.6 is 15.9 Å². The monoisotopic (exact) mass is 444 g/mol. The molecule has 144 valence electrons. The van der Waals surface area contributed by atoms with Gasteiger partial charge in [-0.15, -0.1) is 10.2 Å². The molecule has 1 aromatic carbocycles. The van der Waals surface area contributed by atoms with Crippen LogP contribution in [0.2, 0.25) is 0 Å². The van der Waals surface area contributed by atoms with Crippen molar-refractivity contribution < 1.29 is 9.18 Å². The summed E-state index contributed by atoms with van der Waals surface area (Å²) in [5.41, 5.74) is 0.189. The highest BCUT2D eigenvalue weighted by molar-refractivity contribution is 9.10. The van der Waals surface area contributed by atoms with Crippen molar-refractivity contribution in [3.63, 3.8) is 0 Å². The number of carbonyl (C=O) groups excluding carboxylic acids is 1. The Balaban J connectivity index is 1.43. The van der Waals surface area contributed by atoms with Gasteiger partial charge in [0.15, 0.2) is 11.6 Å². The normalized spacial score (nSPS) is 16.8. The minimum absolute atomic E-state index is 0.188. The molecule has 1 fully saturated rings. The smallest absolute Gasteiger partial charge is 0.229 e. The third-order valence-electron chi connectivity index (χ3n) is 4.68. The van der Waals surface area contributed by atoms with Crippen molar-refractivity contribution in [1.82, 2.24) is 20.0 Å². The number of nitrogens with zero attached hydrogens (tertiary/aromatic N) is 5. The Bertz CT molecular complexity index is 963. The summed E-state index contributed by atoms with van der Waals surface area (Å²) in [5, 5.41) is 15.3. The Morgan fingerprint density at radius 2 is 2.04 bits per heavy atom. The average Bonchev–Trinajstić information content (AvgIpc) is 3.25. The van der Waals surface area contributed by atoms with Crippen LogP contribution in [-0.4, -0.2) is 39.0 Å². The van der Waals surface area contributed by atoms with Crippen LogP contribution < -0.4 is 10.2 Å². The number of carbonyl (C=O) groups is 1. The summed E-state index contributed by atoms with van der Waals surface area (Å²) < 4.78 is 16.3. The van der Waals surface area contributed by atoms with Crippen molar-refractivity contribution in [3.05, 3.63) is 59.1 Å². The lowest BCUT2D eigenvalue weighted by Gasteiger charge is -2.32. The molecule has 1 aliphatic rings. The molecule has 1 N–H and O–H groups in total. The van der Waals surface area contributed by atoms with Gasteiger partial charge in [-0.2, -0.15) is 5.10 Å². The van der Waals surface area contributed by atoms with Crippen molar-refractivity contribution in [3.8, 4) is 5.82 Å². The van der Waals surface area contributed by atoms with Gasteiger partial charge < -0.3 is 10.2 Å². The fraction of sp³-hybridized carbons (Fsp3) is 0.263. The second-order valence-electron chi connectivity index (χ2n) is 6.60. The number of hydrogen-bond donors (Lipinski definition) is 1. The van der Waals surface area contributed by atoms with Crippen molar-refractivity contribution in [2.24, 2.45) is 5.92 Å². The fourth-order valence-corrected chi connectivity index (χ4v) is 3.57. The molecule has 1 unspecified atom stereocenters. The lowest BCUT2D eigenvalue weighted by atomic mass is 9.97. The van der Waals surface area contributed by atoms with Gasteiger partial charge >= 0.3 is 0 Å². The van der Waals surface area contributed by atoms with E-state index >= 15 is 0 Å². The number of aromatic nitrogens is 4. The van der Waals surface area contributed by atoms with Crippen LogP contribution in [0, 0.1) is 11.7 Å². The lowest BCUT2D eigenvalue weighted by Crippen LogP contribution is -2.41. The highest BCUT2D eigenvalue weighted by Gasteiger charge is 2.27. The van der Waals surface area contributed by atoms with E-state index in [9.17, 15) is 9.18 Å². The number of benzene rings is 1. The maximum absolute atomic E-state index is 14.0. The van der Waals surface area contributed by atoms with Crippen molar-refractivity contribution >= 4 is 33.3 Å². The van der Waals surface area contributed by atoms with E-state index < -0.39 is 5.82 Å². The summed E-state index contributed by atoms with van der Waals surface area (Å²) in [6.07, 6.45) is 5.08. The van der Waals surface area contributed by atoms with E-state index in [0.717, 1.165) is 19.4 Å². The highest BCUT2D eigenvalue weighted by Crippen LogP contribution is 2.24. The molecular weight excluding hydrogens is 427 g/mol. The molecule has 0 aliphatic carbocycles. The van der Waals surface area contributed by atoms with Gasteiger partial charge in [-0.1, -0.05) is 15.9 Å². The van der Waals surface area contributed by atoms with Crippen LogP contribution in [0.3, 0.4) is 0 Å². The molecule has 4 rings (SSSR count). The number of rotatable bonds is 4. The van der Waals surface area contributed by atoms with Gasteiger partial charge in [0.2, 0.25) is 5.91 Å². The predicted molar refractivity (Wildman–Crippen MR) is 107 cm³/mol. The minimum atomic E-state index is -0.463. The maximum Gasteiger partial charge on any atom is 0.229 e. The maximum atomic E-state index is 14.0. The first-order valence-electron chi connectivity index (χ1n) is 8.95. The Kier molecular flexibility index (Phi) is 5.34. The Morgan fingerprint density at radius 1 is 1.21 bits per heavy atom. The Labute approximate surface area is 169 Å². The topological polar surface area (TPSA) is 75.9 Å². The molecule has 0 spiro atoms. The van der Waals surface area contributed by atoms with Crippen molar-refractivity contribution in [1.29, 1.82) is 0 Å². The number of hydrogen-bond acceptors (Lipinski definition) is 5. The zero-order valence-corrected chi connectivity index (χ0v) is 16.5. The number of halogens is 2. The first-order chi connectivity index (χ1) is 13.6. The van der Waals surface area contributed by atoms with Crippen LogP contribution in [0.5, 0.6) is 0 Å².